The minimum Gasteiger partial charge on any atom is -0.456 e. The third-order valence-electron chi connectivity index (χ3n) is 10.8. The van der Waals surface area contributed by atoms with Crippen molar-refractivity contribution >= 4 is 21.9 Å². The molecule has 4 nitrogen and oxygen atoms in total. The molecule has 2 aromatic heterocycles. The Labute approximate surface area is 302 Å². The van der Waals surface area contributed by atoms with Crippen LogP contribution < -0.4 is 0 Å². The molecular formula is C48H33N3O. The topological polar surface area (TPSA) is 51.8 Å². The zero-order valence-electron chi connectivity index (χ0n) is 28.9. The summed E-state index contributed by atoms with van der Waals surface area (Å²) in [7, 11) is 0. The molecule has 10 rings (SSSR count). The molecule has 0 radical (unpaired) electrons. The highest BCUT2D eigenvalue weighted by atomic mass is 16.3. The normalized spacial score (nSPS) is 12.0. The van der Waals surface area contributed by atoms with E-state index in [1.54, 1.807) is 0 Å². The van der Waals surface area contributed by atoms with Crippen LogP contribution in [0.25, 0.3) is 89.0 Å². The summed E-state index contributed by atoms with van der Waals surface area (Å²) in [5.74, 6) is 0. The summed E-state index contributed by atoms with van der Waals surface area (Å²) in [6, 6.07) is 53.4. The van der Waals surface area contributed by atoms with Gasteiger partial charge < -0.3 is 4.42 Å². The van der Waals surface area contributed by atoms with Crippen LogP contribution in [0, 0.1) is 13.8 Å². The molecule has 0 saturated heterocycles. The number of nitrogens with zero attached hydrogens (tertiary/aromatic N) is 3. The van der Waals surface area contributed by atoms with Gasteiger partial charge >= 0.3 is 0 Å². The van der Waals surface area contributed by atoms with E-state index in [0.717, 1.165) is 73.1 Å². The first-order valence-corrected chi connectivity index (χ1v) is 17.8. The zero-order chi connectivity index (χ0) is 34.8. The molecule has 0 unspecified atom stereocenters. The van der Waals surface area contributed by atoms with E-state index in [1.165, 1.54) is 44.5 Å². The molecular weight excluding hydrogens is 635 g/mol. The van der Waals surface area contributed by atoms with Crippen molar-refractivity contribution in [3.05, 3.63) is 174 Å². The van der Waals surface area contributed by atoms with Crippen molar-refractivity contribution in [2.45, 2.75) is 20.3 Å². The van der Waals surface area contributed by atoms with Crippen molar-refractivity contribution in [1.82, 2.24) is 15.4 Å². The largest absolute Gasteiger partial charge is 0.456 e. The molecule has 246 valence electrons. The Morgan fingerprint density at radius 2 is 1.12 bits per heavy atom. The van der Waals surface area contributed by atoms with Crippen molar-refractivity contribution in [3.63, 3.8) is 0 Å². The second-order valence-corrected chi connectivity index (χ2v) is 13.7. The van der Waals surface area contributed by atoms with Crippen LogP contribution in [0.2, 0.25) is 0 Å². The van der Waals surface area contributed by atoms with Gasteiger partial charge in [-0.05, 0) is 98.8 Å². The van der Waals surface area contributed by atoms with E-state index in [-0.39, 0.29) is 0 Å². The molecule has 4 heteroatoms. The third kappa shape index (κ3) is 4.65. The Morgan fingerprint density at radius 1 is 0.481 bits per heavy atom. The fourth-order valence-corrected chi connectivity index (χ4v) is 8.31. The average Bonchev–Trinajstić information content (AvgIpc) is 3.77. The Bertz CT molecular complexity index is 2840. The minimum atomic E-state index is 0.784. The van der Waals surface area contributed by atoms with E-state index < -0.39 is 0 Å². The van der Waals surface area contributed by atoms with Crippen molar-refractivity contribution < 1.29 is 4.42 Å². The third-order valence-corrected chi connectivity index (χ3v) is 10.8. The van der Waals surface area contributed by atoms with Crippen LogP contribution in [0.1, 0.15) is 22.3 Å². The van der Waals surface area contributed by atoms with Crippen LogP contribution in [-0.2, 0) is 6.42 Å². The van der Waals surface area contributed by atoms with E-state index in [0.29, 0.717) is 0 Å². The standard InChI is InChI=1S/C48H33N3O/c1-29-27-39-34-20-10-9-19-33(34)28-40(39)43(30(29)2)36-22-13-24-38(45(36)37-23-14-26-42-46(37)35-21-11-12-25-41(35)52-42)48-44(31-15-5-3-6-16-31)47(49-51-50-48)32-17-7-4-8-18-32/h3-27H,28H2,1-2H3. The van der Waals surface area contributed by atoms with Gasteiger partial charge in [-0.15, -0.1) is 10.2 Å². The summed E-state index contributed by atoms with van der Waals surface area (Å²) in [5.41, 5.74) is 19.8. The van der Waals surface area contributed by atoms with Gasteiger partial charge in [0.05, 0.1) is 0 Å². The lowest BCUT2D eigenvalue weighted by molar-refractivity contribution is 0.669. The summed E-state index contributed by atoms with van der Waals surface area (Å²) < 4.78 is 6.50. The predicted molar refractivity (Wildman–Crippen MR) is 212 cm³/mol. The Balaban J connectivity index is 1.36. The van der Waals surface area contributed by atoms with Crippen molar-refractivity contribution in [2.24, 2.45) is 0 Å². The lowest BCUT2D eigenvalue weighted by Gasteiger charge is -2.22. The molecule has 0 saturated carbocycles. The van der Waals surface area contributed by atoms with Crippen LogP contribution >= 0.6 is 0 Å². The minimum absolute atomic E-state index is 0.784. The van der Waals surface area contributed by atoms with E-state index in [4.69, 9.17) is 14.6 Å². The summed E-state index contributed by atoms with van der Waals surface area (Å²) >= 11 is 0. The monoisotopic (exact) mass is 667 g/mol. The predicted octanol–water partition coefficient (Wildman–Crippen LogP) is 12.3. The van der Waals surface area contributed by atoms with Crippen LogP contribution in [0.4, 0.5) is 0 Å². The van der Waals surface area contributed by atoms with Gasteiger partial charge in [0.2, 0.25) is 0 Å². The van der Waals surface area contributed by atoms with Crippen LogP contribution in [0.3, 0.4) is 0 Å². The Morgan fingerprint density at radius 3 is 1.96 bits per heavy atom. The van der Waals surface area contributed by atoms with E-state index in [9.17, 15) is 0 Å². The van der Waals surface area contributed by atoms with Crippen molar-refractivity contribution in [1.29, 1.82) is 0 Å². The maximum Gasteiger partial charge on any atom is 0.136 e. The number of aryl methyl sites for hydroxylation is 1. The molecule has 0 aliphatic heterocycles. The molecule has 0 N–H and O–H groups in total. The lowest BCUT2D eigenvalue weighted by atomic mass is 9.81. The number of fused-ring (bicyclic) bond motifs is 6. The molecule has 0 bridgehead atoms. The van der Waals surface area contributed by atoms with Gasteiger partial charge in [-0.1, -0.05) is 140 Å². The SMILES string of the molecule is Cc1cc2c(c(-c3cccc(-c4nnnc(-c5ccccc5)c4-c4ccccc4)c3-c3cccc4oc5ccccc5c34)c1C)Cc1ccccc1-2. The van der Waals surface area contributed by atoms with Crippen molar-refractivity contribution in [3.8, 4) is 67.0 Å². The Hall–Kier alpha value is -6.65. The maximum absolute atomic E-state index is 6.50. The molecule has 2 heterocycles. The molecule has 0 fully saturated rings. The number of aromatic nitrogens is 3. The first-order chi connectivity index (χ1) is 25.7. The molecule has 1 aliphatic rings. The first kappa shape index (κ1) is 30.2. The van der Waals surface area contributed by atoms with Gasteiger partial charge in [0, 0.05) is 27.5 Å². The number of hydrogen-bond acceptors (Lipinski definition) is 4. The van der Waals surface area contributed by atoms with Gasteiger partial charge in [0.15, 0.2) is 0 Å². The molecule has 7 aromatic carbocycles. The Kier molecular flexibility index (Phi) is 6.97. The van der Waals surface area contributed by atoms with E-state index in [1.807, 2.05) is 30.3 Å². The highest BCUT2D eigenvalue weighted by Gasteiger charge is 2.29. The van der Waals surface area contributed by atoms with Gasteiger partial charge in [0.1, 0.15) is 22.6 Å². The first-order valence-electron chi connectivity index (χ1n) is 17.8. The summed E-state index contributed by atoms with van der Waals surface area (Å²) in [5, 5.41) is 16.3. The summed E-state index contributed by atoms with van der Waals surface area (Å²) in [4.78, 5) is 0. The molecule has 0 spiro atoms. The van der Waals surface area contributed by atoms with Crippen LogP contribution in [-0.4, -0.2) is 15.4 Å². The molecule has 0 atom stereocenters. The second-order valence-electron chi connectivity index (χ2n) is 13.7. The fraction of sp³-hybridized carbons (Fsp3) is 0.0625. The van der Waals surface area contributed by atoms with E-state index in [2.05, 4.69) is 140 Å². The number of rotatable bonds is 5. The summed E-state index contributed by atoms with van der Waals surface area (Å²) in [6.07, 6.45) is 0.882. The fourth-order valence-electron chi connectivity index (χ4n) is 8.31. The summed E-state index contributed by atoms with van der Waals surface area (Å²) in [6.45, 7) is 4.51. The average molecular weight is 668 g/mol. The molecule has 0 amide bonds. The number of furan rings is 1. The molecule has 52 heavy (non-hydrogen) atoms. The quantitative estimate of drug-likeness (QED) is 0.183. The van der Waals surface area contributed by atoms with E-state index >= 15 is 0 Å². The van der Waals surface area contributed by atoms with Gasteiger partial charge in [0.25, 0.3) is 0 Å². The number of para-hydroxylation sites is 1. The number of benzene rings is 7. The maximum atomic E-state index is 6.50. The van der Waals surface area contributed by atoms with Gasteiger partial charge in [-0.25, -0.2) is 0 Å². The van der Waals surface area contributed by atoms with Gasteiger partial charge in [-0.3, -0.25) is 0 Å². The number of hydrogen-bond donors (Lipinski definition) is 0. The van der Waals surface area contributed by atoms with Crippen LogP contribution in [0.5, 0.6) is 0 Å². The molecule has 1 aliphatic carbocycles. The second kappa shape index (κ2) is 12.0. The van der Waals surface area contributed by atoms with Crippen molar-refractivity contribution in [2.75, 3.05) is 0 Å². The lowest BCUT2D eigenvalue weighted by Crippen LogP contribution is -2.03. The smallest absolute Gasteiger partial charge is 0.136 e. The van der Waals surface area contributed by atoms with Gasteiger partial charge in [-0.2, -0.15) is 0 Å². The highest BCUT2D eigenvalue weighted by Crippen LogP contribution is 2.51. The zero-order valence-corrected chi connectivity index (χ0v) is 28.9. The van der Waals surface area contributed by atoms with Crippen LogP contribution in [0.15, 0.2) is 156 Å². The molecule has 9 aromatic rings. The highest BCUT2D eigenvalue weighted by molar-refractivity contribution is 6.16.